The number of hydrogen-bond donors (Lipinski definition) is 0. The molecule has 31 heavy (non-hydrogen) atoms. The van der Waals surface area contributed by atoms with Gasteiger partial charge in [0, 0.05) is 14.2 Å². The molecule has 7 nitrogen and oxygen atoms in total. The lowest BCUT2D eigenvalue weighted by molar-refractivity contribution is 0.0317. The molecule has 0 spiro atoms. The van der Waals surface area contributed by atoms with E-state index >= 15 is 0 Å². The average Bonchev–Trinajstić information content (AvgIpc) is 2.29. The molecule has 0 aliphatic rings. The van der Waals surface area contributed by atoms with Crippen molar-refractivity contribution < 1.29 is 29.4 Å². The monoisotopic (exact) mass is 554 g/mol. The number of hydrogen-bond acceptors (Lipinski definition) is 7. The zero-order chi connectivity index (χ0) is 21.9. The minimum atomic E-state index is -3.54. The smallest absolute Gasteiger partial charge is 0.395 e. The summed E-state index contributed by atoms with van der Waals surface area (Å²) in [7, 11) is -12.2. The van der Waals surface area contributed by atoms with E-state index in [-0.39, 0.29) is 29.7 Å². The summed E-state index contributed by atoms with van der Waals surface area (Å²) in [6.07, 6.45) is 0. The summed E-state index contributed by atoms with van der Waals surface area (Å²) in [5.74, 6) is 0. The predicted octanol–water partition coefficient (Wildman–Crippen LogP) is 7.12. The zero-order valence-electron chi connectivity index (χ0n) is 19.9. The summed E-state index contributed by atoms with van der Waals surface area (Å²) in [4.78, 5) is 0. The Morgan fingerprint density at radius 1 is 0.323 bits per heavy atom. The maximum atomic E-state index is 6.51. The van der Waals surface area contributed by atoms with E-state index < -0.39 is 51.4 Å². The standard InChI is InChI=1S/C14H42O7Si6.4CH4/c1-15-26(17-22(3,4)5,18-23(6,7)8)21-27(16-2,19-24(9,10)11)20-25(12,13)14;;;;/h1-14H3;4*1H4. The molecular weight excluding hydrogens is 497 g/mol. The van der Waals surface area contributed by atoms with Crippen molar-refractivity contribution in [3.8, 4) is 0 Å². The van der Waals surface area contributed by atoms with Crippen LogP contribution in [0.15, 0.2) is 0 Å². The van der Waals surface area contributed by atoms with Crippen LogP contribution < -0.4 is 0 Å². The van der Waals surface area contributed by atoms with Crippen LogP contribution in [0.5, 0.6) is 0 Å². The van der Waals surface area contributed by atoms with E-state index in [9.17, 15) is 0 Å². The highest BCUT2D eigenvalue weighted by molar-refractivity contribution is 6.89. The molecule has 0 bridgehead atoms. The molecule has 0 saturated carbocycles. The van der Waals surface area contributed by atoms with Gasteiger partial charge < -0.3 is 29.4 Å². The second-order valence-electron chi connectivity index (χ2n) is 10.4. The van der Waals surface area contributed by atoms with Gasteiger partial charge in [0.1, 0.15) is 0 Å². The first kappa shape index (κ1) is 42.2. The van der Waals surface area contributed by atoms with Crippen molar-refractivity contribution in [1.82, 2.24) is 0 Å². The van der Waals surface area contributed by atoms with Gasteiger partial charge in [-0.3, -0.25) is 0 Å². The van der Waals surface area contributed by atoms with Crippen molar-refractivity contribution in [3.63, 3.8) is 0 Å². The fraction of sp³-hybridized carbons (Fsp3) is 1.00. The Bertz CT molecular complexity index is 394. The summed E-state index contributed by atoms with van der Waals surface area (Å²) in [5.41, 5.74) is 0. The molecule has 196 valence electrons. The van der Waals surface area contributed by atoms with E-state index in [2.05, 4.69) is 78.6 Å². The minimum absolute atomic E-state index is 0. The molecule has 0 N–H and O–H groups in total. The highest BCUT2D eigenvalue weighted by Crippen LogP contribution is 2.30. The van der Waals surface area contributed by atoms with Gasteiger partial charge in [0.2, 0.25) is 0 Å². The van der Waals surface area contributed by atoms with Crippen LogP contribution in [0, 0.1) is 0 Å². The van der Waals surface area contributed by atoms with Crippen LogP contribution in [0.4, 0.5) is 0 Å². The molecule has 0 saturated heterocycles. The molecule has 0 fully saturated rings. The van der Waals surface area contributed by atoms with E-state index in [0.29, 0.717) is 0 Å². The third kappa shape index (κ3) is 19.1. The van der Waals surface area contributed by atoms with Gasteiger partial charge in [-0.2, -0.15) is 0 Å². The number of rotatable bonds is 12. The first-order chi connectivity index (χ1) is 11.7. The summed E-state index contributed by atoms with van der Waals surface area (Å²) in [5, 5.41) is 0. The van der Waals surface area contributed by atoms with Gasteiger partial charge in [0.15, 0.2) is 33.3 Å². The van der Waals surface area contributed by atoms with Crippen molar-refractivity contribution in [2.45, 2.75) is 108 Å². The molecule has 0 heterocycles. The van der Waals surface area contributed by atoms with Gasteiger partial charge in [-0.05, 0) is 78.6 Å². The highest BCUT2D eigenvalue weighted by Gasteiger charge is 2.63. The van der Waals surface area contributed by atoms with E-state index in [1.54, 1.807) is 14.2 Å². The average molecular weight is 555 g/mol. The summed E-state index contributed by atoms with van der Waals surface area (Å²) < 4.78 is 43.8. The fourth-order valence-electron chi connectivity index (χ4n) is 2.03. The van der Waals surface area contributed by atoms with Gasteiger partial charge in [-0.15, -0.1) is 0 Å². The molecule has 0 atom stereocenters. The largest absolute Gasteiger partial charge is 0.652 e. The summed E-state index contributed by atoms with van der Waals surface area (Å²) in [6, 6.07) is 0. The van der Waals surface area contributed by atoms with Crippen molar-refractivity contribution in [2.75, 3.05) is 14.2 Å². The second kappa shape index (κ2) is 14.4. The zero-order valence-corrected chi connectivity index (χ0v) is 25.9. The van der Waals surface area contributed by atoms with E-state index in [4.69, 9.17) is 29.4 Å². The molecule has 0 unspecified atom stereocenters. The Hall–Kier alpha value is 1.02. The lowest BCUT2D eigenvalue weighted by Gasteiger charge is -2.43. The summed E-state index contributed by atoms with van der Waals surface area (Å²) >= 11 is 0. The molecule has 0 aromatic rings. The topological polar surface area (TPSA) is 64.6 Å². The van der Waals surface area contributed by atoms with Crippen LogP contribution in [-0.2, 0) is 29.4 Å². The van der Waals surface area contributed by atoms with Crippen LogP contribution in [-0.4, -0.2) is 65.6 Å². The van der Waals surface area contributed by atoms with Crippen LogP contribution in [0.1, 0.15) is 29.7 Å². The molecule has 13 heteroatoms. The van der Waals surface area contributed by atoms with Crippen molar-refractivity contribution >= 4 is 51.4 Å². The van der Waals surface area contributed by atoms with Crippen LogP contribution in [0.3, 0.4) is 0 Å². The Balaban J connectivity index is -0.000000563. The van der Waals surface area contributed by atoms with Crippen LogP contribution in [0.25, 0.3) is 0 Å². The van der Waals surface area contributed by atoms with Crippen LogP contribution in [0.2, 0.25) is 78.6 Å². The molecule has 0 aromatic carbocycles. The molecule has 0 radical (unpaired) electrons. The van der Waals surface area contributed by atoms with Gasteiger partial charge in [0.25, 0.3) is 0 Å². The van der Waals surface area contributed by atoms with Gasteiger partial charge >= 0.3 is 18.1 Å². The molecule has 0 aromatic heterocycles. The fourth-order valence-corrected chi connectivity index (χ4v) is 20.5. The lowest BCUT2D eigenvalue weighted by Crippen LogP contribution is -2.69. The van der Waals surface area contributed by atoms with Gasteiger partial charge in [-0.1, -0.05) is 29.7 Å². The molecule has 0 aliphatic heterocycles. The van der Waals surface area contributed by atoms with Gasteiger partial charge in [0.05, 0.1) is 0 Å². The molecular formula is C18H58O7Si6. The SMILES string of the molecule is C.C.C.C.CO[Si](O[Si](C)(C)C)(O[Si](C)(C)C)O[Si](OC)(O[Si](C)(C)C)O[Si](C)(C)C. The predicted molar refractivity (Wildman–Crippen MR) is 151 cm³/mol. The van der Waals surface area contributed by atoms with E-state index in [1.165, 1.54) is 0 Å². The van der Waals surface area contributed by atoms with E-state index in [1.807, 2.05) is 0 Å². The van der Waals surface area contributed by atoms with Crippen molar-refractivity contribution in [2.24, 2.45) is 0 Å². The molecule has 0 amide bonds. The van der Waals surface area contributed by atoms with E-state index in [0.717, 1.165) is 0 Å². The Morgan fingerprint density at radius 3 is 0.581 bits per heavy atom. The first-order valence-corrected chi connectivity index (χ1v) is 26.2. The first-order valence-electron chi connectivity index (χ1n) is 9.27. The molecule has 0 rings (SSSR count). The van der Waals surface area contributed by atoms with Gasteiger partial charge in [-0.25, -0.2) is 0 Å². The highest BCUT2D eigenvalue weighted by atomic mass is 28.6. The maximum absolute atomic E-state index is 6.51. The second-order valence-corrected chi connectivity index (χ2v) is 34.2. The van der Waals surface area contributed by atoms with Crippen molar-refractivity contribution in [1.29, 1.82) is 0 Å². The lowest BCUT2D eigenvalue weighted by atomic mass is 11.8. The third-order valence-corrected chi connectivity index (χ3v) is 19.3. The van der Waals surface area contributed by atoms with Crippen LogP contribution >= 0.6 is 0 Å². The summed E-state index contributed by atoms with van der Waals surface area (Å²) in [6.45, 7) is 25.0. The third-order valence-electron chi connectivity index (χ3n) is 2.47. The Morgan fingerprint density at radius 2 is 0.484 bits per heavy atom. The minimum Gasteiger partial charge on any atom is -0.395 e. The normalized spacial score (nSPS) is 13.4. The Kier molecular flexibility index (Phi) is 19.6. The molecule has 0 aliphatic carbocycles. The Labute approximate surface area is 203 Å². The van der Waals surface area contributed by atoms with Crippen molar-refractivity contribution in [3.05, 3.63) is 0 Å². The maximum Gasteiger partial charge on any atom is 0.652 e. The quantitative estimate of drug-likeness (QED) is 0.238.